The van der Waals surface area contributed by atoms with Crippen molar-refractivity contribution < 1.29 is 23.9 Å². The number of ether oxygens (including phenoxy) is 2. The molecular weight excluding hydrogens is 464 g/mol. The molecule has 0 bridgehead atoms. The zero-order valence-electron chi connectivity index (χ0n) is 20.4. The third-order valence-electron chi connectivity index (χ3n) is 6.77. The maximum Gasteiger partial charge on any atom is 0.417 e. The molecule has 3 heterocycles. The van der Waals surface area contributed by atoms with Gasteiger partial charge in [0.15, 0.2) is 0 Å². The van der Waals surface area contributed by atoms with E-state index in [9.17, 15) is 14.4 Å². The van der Waals surface area contributed by atoms with Crippen molar-refractivity contribution in [3.63, 3.8) is 0 Å². The highest BCUT2D eigenvalue weighted by Gasteiger charge is 2.53. The van der Waals surface area contributed by atoms with Crippen LogP contribution in [0.1, 0.15) is 51.8 Å². The summed E-state index contributed by atoms with van der Waals surface area (Å²) in [4.78, 5) is 42.4. The molecule has 1 aromatic heterocycles. The van der Waals surface area contributed by atoms with Gasteiger partial charge in [0.1, 0.15) is 5.60 Å². The second kappa shape index (κ2) is 8.37. The van der Waals surface area contributed by atoms with Gasteiger partial charge in [0.25, 0.3) is 11.8 Å². The number of benzene rings is 1. The molecule has 1 saturated heterocycles. The zero-order chi connectivity index (χ0) is 25.1. The molecule has 0 N–H and O–H groups in total. The molecule has 0 saturated carbocycles. The van der Waals surface area contributed by atoms with Gasteiger partial charge in [0.05, 0.1) is 23.6 Å². The van der Waals surface area contributed by atoms with Gasteiger partial charge in [-0.1, -0.05) is 24.3 Å². The van der Waals surface area contributed by atoms with Gasteiger partial charge in [-0.3, -0.25) is 14.5 Å². The average Bonchev–Trinajstić information content (AvgIpc) is 3.53. The quantitative estimate of drug-likeness (QED) is 0.427. The molecule has 5 rings (SSSR count). The van der Waals surface area contributed by atoms with Crippen molar-refractivity contribution in [2.75, 3.05) is 4.90 Å². The van der Waals surface area contributed by atoms with E-state index in [0.717, 1.165) is 22.4 Å². The molecule has 8 heteroatoms. The van der Waals surface area contributed by atoms with Gasteiger partial charge in [-0.2, -0.15) is 11.3 Å². The molecule has 1 fully saturated rings. The lowest BCUT2D eigenvalue weighted by atomic mass is 9.97. The number of carbonyl (C=O) groups is 3. The highest BCUT2D eigenvalue weighted by atomic mass is 32.1. The first-order chi connectivity index (χ1) is 16.6. The first-order valence-electron chi connectivity index (χ1n) is 11.6. The second-order valence-corrected chi connectivity index (χ2v) is 10.9. The van der Waals surface area contributed by atoms with Crippen molar-refractivity contribution in [3.05, 3.63) is 75.2 Å². The Morgan fingerprint density at radius 3 is 2.54 bits per heavy atom. The van der Waals surface area contributed by atoms with E-state index in [-0.39, 0.29) is 11.8 Å². The lowest BCUT2D eigenvalue weighted by Crippen LogP contribution is -2.39. The van der Waals surface area contributed by atoms with E-state index < -0.39 is 29.9 Å². The summed E-state index contributed by atoms with van der Waals surface area (Å²) in [5.41, 5.74) is 3.88. The highest BCUT2D eigenvalue weighted by molar-refractivity contribution is 7.08. The topological polar surface area (TPSA) is 76.2 Å². The van der Waals surface area contributed by atoms with E-state index in [1.807, 2.05) is 48.0 Å². The fraction of sp³-hybridized carbons (Fsp3) is 0.370. The number of likely N-dealkylation sites (tertiary alicyclic amines) is 1. The van der Waals surface area contributed by atoms with Crippen LogP contribution in [0.3, 0.4) is 0 Å². The lowest BCUT2D eigenvalue weighted by molar-refractivity contribution is -0.125. The van der Waals surface area contributed by atoms with Crippen molar-refractivity contribution >= 4 is 34.9 Å². The molecule has 3 unspecified atom stereocenters. The van der Waals surface area contributed by atoms with Gasteiger partial charge < -0.3 is 9.47 Å². The molecular formula is C27H28N2O5S. The molecule has 0 spiro atoms. The van der Waals surface area contributed by atoms with Crippen LogP contribution in [0, 0.1) is 5.92 Å². The normalized spacial score (nSPS) is 24.9. The summed E-state index contributed by atoms with van der Waals surface area (Å²) in [6, 6.07) is 9.27. The third-order valence-corrected chi connectivity index (χ3v) is 7.44. The molecule has 2 aliphatic heterocycles. The van der Waals surface area contributed by atoms with E-state index >= 15 is 0 Å². The Morgan fingerprint density at radius 1 is 1.11 bits per heavy atom. The summed E-state index contributed by atoms with van der Waals surface area (Å²) >= 11 is 1.49. The minimum absolute atomic E-state index is 0.122. The van der Waals surface area contributed by atoms with Crippen LogP contribution in [0.4, 0.5) is 10.5 Å². The number of imide groups is 1. The summed E-state index contributed by atoms with van der Waals surface area (Å²) in [5, 5.41) is 3.79. The lowest BCUT2D eigenvalue weighted by Gasteiger charge is -2.27. The number of rotatable bonds is 3. The van der Waals surface area contributed by atoms with Crippen LogP contribution >= 0.6 is 11.3 Å². The summed E-state index contributed by atoms with van der Waals surface area (Å²) in [6.07, 6.45) is 0.748. The predicted molar refractivity (Wildman–Crippen MR) is 133 cm³/mol. The largest absolute Gasteiger partial charge is 0.473 e. The maximum absolute atomic E-state index is 13.6. The SMILES string of the molecule is CC1=C(C)C(OC=C2C(=O)N(C(=O)OC(C)(C)C)C3c4ccccc4CC23)N(c2ccsc2)C1=O. The highest BCUT2D eigenvalue weighted by Crippen LogP contribution is 2.50. The van der Waals surface area contributed by atoms with Crippen LogP contribution in [0.2, 0.25) is 0 Å². The van der Waals surface area contributed by atoms with Crippen LogP contribution in [0.25, 0.3) is 0 Å². The fourth-order valence-corrected chi connectivity index (χ4v) is 5.65. The van der Waals surface area contributed by atoms with Crippen molar-refractivity contribution in [2.24, 2.45) is 5.92 Å². The Kier molecular flexibility index (Phi) is 5.59. The van der Waals surface area contributed by atoms with Gasteiger partial charge >= 0.3 is 6.09 Å². The maximum atomic E-state index is 13.6. The molecule has 7 nitrogen and oxygen atoms in total. The van der Waals surface area contributed by atoms with Crippen LogP contribution < -0.4 is 4.90 Å². The molecule has 1 aromatic carbocycles. The third kappa shape index (κ3) is 3.86. The van der Waals surface area contributed by atoms with E-state index in [2.05, 4.69) is 0 Å². The monoisotopic (exact) mass is 492 g/mol. The Balaban J connectivity index is 1.50. The first-order valence-corrected chi connectivity index (χ1v) is 12.6. The Hall–Kier alpha value is -3.39. The van der Waals surface area contributed by atoms with Crippen LogP contribution in [0.5, 0.6) is 0 Å². The number of hydrogen-bond acceptors (Lipinski definition) is 6. The molecule has 3 atom stereocenters. The second-order valence-electron chi connectivity index (χ2n) is 10.1. The smallest absolute Gasteiger partial charge is 0.417 e. The molecule has 2 aromatic rings. The van der Waals surface area contributed by atoms with Crippen LogP contribution in [-0.2, 0) is 25.5 Å². The standard InChI is InChI=1S/C27H28N2O5S/c1-15-16(2)25(28(23(15)30)18-10-11-35-14-18)33-13-21-20-12-17-8-6-7-9-19(17)22(20)29(24(21)31)26(32)34-27(3,4)5/h6-11,13-14,20,22,25H,12H2,1-5H3. The Labute approximate surface area is 208 Å². The van der Waals surface area contributed by atoms with Gasteiger partial charge in [-0.05, 0) is 69.2 Å². The number of fused-ring (bicyclic) bond motifs is 3. The van der Waals surface area contributed by atoms with Gasteiger partial charge in [0.2, 0.25) is 6.23 Å². The van der Waals surface area contributed by atoms with E-state index in [1.165, 1.54) is 22.5 Å². The van der Waals surface area contributed by atoms with Crippen molar-refractivity contribution in [3.8, 4) is 0 Å². The van der Waals surface area contributed by atoms with Gasteiger partial charge in [0, 0.05) is 16.9 Å². The van der Waals surface area contributed by atoms with Crippen LogP contribution in [0.15, 0.2) is 64.1 Å². The number of thiophene rings is 1. The van der Waals surface area contributed by atoms with Gasteiger partial charge in [-0.25, -0.2) is 9.69 Å². The molecule has 1 aliphatic carbocycles. The molecule has 182 valence electrons. The molecule has 35 heavy (non-hydrogen) atoms. The van der Waals surface area contributed by atoms with Crippen molar-refractivity contribution in [1.29, 1.82) is 0 Å². The van der Waals surface area contributed by atoms with E-state index in [4.69, 9.17) is 9.47 Å². The minimum Gasteiger partial charge on any atom is -0.473 e. The summed E-state index contributed by atoms with van der Waals surface area (Å²) < 4.78 is 11.8. The molecule has 3 aliphatic rings. The van der Waals surface area contributed by atoms with E-state index in [0.29, 0.717) is 17.6 Å². The summed E-state index contributed by atoms with van der Waals surface area (Å²) in [5.74, 6) is -0.790. The Morgan fingerprint density at radius 2 is 1.86 bits per heavy atom. The van der Waals surface area contributed by atoms with E-state index in [1.54, 1.807) is 32.6 Å². The Bertz CT molecular complexity index is 1270. The average molecular weight is 493 g/mol. The van der Waals surface area contributed by atoms with Crippen molar-refractivity contribution in [1.82, 2.24) is 4.90 Å². The number of carbonyl (C=O) groups excluding carboxylic acids is 3. The number of anilines is 1. The molecule has 3 amide bonds. The molecule has 0 radical (unpaired) electrons. The summed E-state index contributed by atoms with van der Waals surface area (Å²) in [7, 11) is 0. The van der Waals surface area contributed by atoms with Gasteiger partial charge in [-0.15, -0.1) is 0 Å². The first kappa shape index (κ1) is 23.4. The van der Waals surface area contributed by atoms with Crippen molar-refractivity contribution in [2.45, 2.75) is 58.9 Å². The minimum atomic E-state index is -0.737. The fourth-order valence-electron chi connectivity index (χ4n) is 5.02. The zero-order valence-corrected chi connectivity index (χ0v) is 21.2. The number of amides is 3. The number of nitrogens with zero attached hydrogens (tertiary/aromatic N) is 2. The summed E-state index contributed by atoms with van der Waals surface area (Å²) in [6.45, 7) is 8.97. The number of hydrogen-bond donors (Lipinski definition) is 0. The predicted octanol–water partition coefficient (Wildman–Crippen LogP) is 5.35. The van der Waals surface area contributed by atoms with Crippen LogP contribution in [-0.4, -0.2) is 34.6 Å².